The highest BCUT2D eigenvalue weighted by Crippen LogP contribution is 2.17. The maximum Gasteiger partial charge on any atom is 0.241 e. The predicted molar refractivity (Wildman–Crippen MR) is 88.5 cm³/mol. The molecule has 0 fully saturated rings. The number of nitrogens with two attached hydrogens (primary N) is 1. The Balaban J connectivity index is 1.65. The zero-order valence-electron chi connectivity index (χ0n) is 14.1. The zero-order valence-corrected chi connectivity index (χ0v) is 14.1. The second-order valence-electron chi connectivity index (χ2n) is 5.81. The normalized spacial score (nSPS) is 11.4. The van der Waals surface area contributed by atoms with Crippen molar-refractivity contribution in [1.29, 1.82) is 0 Å². The van der Waals surface area contributed by atoms with Gasteiger partial charge in [0.05, 0.1) is 13.1 Å². The largest absolute Gasteiger partial charge is 0.338 e. The molecule has 0 aliphatic carbocycles. The summed E-state index contributed by atoms with van der Waals surface area (Å²) in [5.41, 5.74) is 7.59. The molecule has 0 aliphatic heterocycles. The van der Waals surface area contributed by atoms with Crippen LogP contribution in [0.25, 0.3) is 11.4 Å². The Bertz CT molecular complexity index is 806. The molecule has 126 valence electrons. The highest BCUT2D eigenvalue weighted by molar-refractivity contribution is 5.54. The number of aromatic nitrogens is 5. The van der Waals surface area contributed by atoms with Crippen molar-refractivity contribution in [3.63, 3.8) is 0 Å². The van der Waals surface area contributed by atoms with Crippen LogP contribution in [-0.2, 0) is 26.7 Å². The van der Waals surface area contributed by atoms with E-state index in [2.05, 4.69) is 25.2 Å². The molecule has 2 aromatic heterocycles. The van der Waals surface area contributed by atoms with Crippen LogP contribution in [0.5, 0.6) is 0 Å². The number of rotatable bonds is 6. The van der Waals surface area contributed by atoms with Gasteiger partial charge in [0.2, 0.25) is 11.7 Å². The fourth-order valence-corrected chi connectivity index (χ4v) is 2.34. The molecule has 8 nitrogen and oxygen atoms in total. The quantitative estimate of drug-likeness (QED) is 0.727. The van der Waals surface area contributed by atoms with Crippen LogP contribution >= 0.6 is 0 Å². The van der Waals surface area contributed by atoms with Crippen LogP contribution in [-0.4, -0.2) is 36.9 Å². The third-order valence-electron chi connectivity index (χ3n) is 3.92. The van der Waals surface area contributed by atoms with E-state index in [9.17, 15) is 0 Å². The van der Waals surface area contributed by atoms with Crippen molar-refractivity contribution in [3.8, 4) is 11.4 Å². The fraction of sp³-hybridized carbons (Fsp3) is 0.375. The summed E-state index contributed by atoms with van der Waals surface area (Å²) in [6.07, 6.45) is 0. The lowest BCUT2D eigenvalue weighted by molar-refractivity contribution is 0.254. The maximum absolute atomic E-state index is 5.61. The summed E-state index contributed by atoms with van der Waals surface area (Å²) >= 11 is 0. The Labute approximate surface area is 140 Å². The summed E-state index contributed by atoms with van der Waals surface area (Å²) in [6.45, 7) is 3.64. The lowest BCUT2D eigenvalue weighted by Gasteiger charge is -2.13. The number of aryl methyl sites for hydroxylation is 1. The van der Waals surface area contributed by atoms with E-state index in [0.29, 0.717) is 31.3 Å². The molecule has 3 aromatic rings. The summed E-state index contributed by atoms with van der Waals surface area (Å²) in [6, 6.07) is 7.83. The molecule has 2 heterocycles. The van der Waals surface area contributed by atoms with E-state index < -0.39 is 0 Å². The SMILES string of the molecule is Cc1nnc(CN(C)Cc2nc(-c3ccc(CN)cc3)no2)n1C. The van der Waals surface area contributed by atoms with Crippen molar-refractivity contribution in [2.75, 3.05) is 7.05 Å². The van der Waals surface area contributed by atoms with E-state index >= 15 is 0 Å². The third-order valence-corrected chi connectivity index (χ3v) is 3.92. The zero-order chi connectivity index (χ0) is 17.1. The molecular weight excluding hydrogens is 306 g/mol. The van der Waals surface area contributed by atoms with Gasteiger partial charge in [-0.3, -0.25) is 4.90 Å². The molecule has 0 bridgehead atoms. The topological polar surface area (TPSA) is 98.9 Å². The molecule has 0 aliphatic rings. The van der Waals surface area contributed by atoms with Gasteiger partial charge in [-0.25, -0.2) is 0 Å². The molecule has 0 amide bonds. The minimum Gasteiger partial charge on any atom is -0.338 e. The summed E-state index contributed by atoms with van der Waals surface area (Å²) in [7, 11) is 3.93. The van der Waals surface area contributed by atoms with Gasteiger partial charge in [0.25, 0.3) is 0 Å². The van der Waals surface area contributed by atoms with E-state index in [-0.39, 0.29) is 0 Å². The van der Waals surface area contributed by atoms with Crippen LogP contribution in [0.2, 0.25) is 0 Å². The molecule has 0 atom stereocenters. The Kier molecular flexibility index (Phi) is 4.68. The molecule has 24 heavy (non-hydrogen) atoms. The standard InChI is InChI=1S/C16H21N7O/c1-11-19-20-14(23(11)3)9-22(2)10-15-18-16(21-24-15)13-6-4-12(8-17)5-7-13/h4-7H,8-10,17H2,1-3H3. The monoisotopic (exact) mass is 327 g/mol. The fourth-order valence-electron chi connectivity index (χ4n) is 2.34. The van der Waals surface area contributed by atoms with Crippen LogP contribution in [0.3, 0.4) is 0 Å². The van der Waals surface area contributed by atoms with Crippen LogP contribution < -0.4 is 5.73 Å². The van der Waals surface area contributed by atoms with Gasteiger partial charge in [0.1, 0.15) is 11.6 Å². The average molecular weight is 327 g/mol. The van der Waals surface area contributed by atoms with Crippen molar-refractivity contribution in [2.24, 2.45) is 12.8 Å². The summed E-state index contributed by atoms with van der Waals surface area (Å²) in [4.78, 5) is 6.51. The van der Waals surface area contributed by atoms with Crippen LogP contribution in [0, 0.1) is 6.92 Å². The smallest absolute Gasteiger partial charge is 0.241 e. The first-order valence-corrected chi connectivity index (χ1v) is 7.72. The van der Waals surface area contributed by atoms with E-state index in [1.165, 1.54) is 0 Å². The van der Waals surface area contributed by atoms with Crippen LogP contribution in [0.15, 0.2) is 28.8 Å². The molecule has 8 heteroatoms. The van der Waals surface area contributed by atoms with Gasteiger partial charge >= 0.3 is 0 Å². The highest BCUT2D eigenvalue weighted by atomic mass is 16.5. The molecule has 0 saturated carbocycles. The van der Waals surface area contributed by atoms with Gasteiger partial charge < -0.3 is 14.8 Å². The van der Waals surface area contributed by atoms with Crippen molar-refractivity contribution in [3.05, 3.63) is 47.4 Å². The summed E-state index contributed by atoms with van der Waals surface area (Å²) in [5.74, 6) is 2.93. The van der Waals surface area contributed by atoms with E-state index in [0.717, 1.165) is 22.8 Å². The average Bonchev–Trinajstić information content (AvgIpc) is 3.17. The van der Waals surface area contributed by atoms with Gasteiger partial charge in [0, 0.05) is 19.2 Å². The number of nitrogens with zero attached hydrogens (tertiary/aromatic N) is 6. The van der Waals surface area contributed by atoms with Crippen molar-refractivity contribution in [2.45, 2.75) is 26.6 Å². The van der Waals surface area contributed by atoms with E-state index in [1.807, 2.05) is 49.9 Å². The lowest BCUT2D eigenvalue weighted by atomic mass is 10.1. The van der Waals surface area contributed by atoms with Gasteiger partial charge in [-0.15, -0.1) is 10.2 Å². The molecule has 0 radical (unpaired) electrons. The van der Waals surface area contributed by atoms with Gasteiger partial charge in [-0.1, -0.05) is 29.4 Å². The molecular formula is C16H21N7O. The minimum atomic E-state index is 0.518. The van der Waals surface area contributed by atoms with Gasteiger partial charge in [-0.2, -0.15) is 4.98 Å². The van der Waals surface area contributed by atoms with E-state index in [4.69, 9.17) is 10.3 Å². The van der Waals surface area contributed by atoms with Crippen LogP contribution in [0.4, 0.5) is 0 Å². The third kappa shape index (κ3) is 3.50. The first-order chi connectivity index (χ1) is 11.6. The van der Waals surface area contributed by atoms with E-state index in [1.54, 1.807) is 0 Å². The van der Waals surface area contributed by atoms with Crippen molar-refractivity contribution in [1.82, 2.24) is 29.8 Å². The molecule has 1 aromatic carbocycles. The van der Waals surface area contributed by atoms with Gasteiger partial charge in [-0.05, 0) is 19.5 Å². The highest BCUT2D eigenvalue weighted by Gasteiger charge is 2.13. The Morgan fingerprint density at radius 2 is 1.92 bits per heavy atom. The second kappa shape index (κ2) is 6.90. The summed E-state index contributed by atoms with van der Waals surface area (Å²) < 4.78 is 7.32. The molecule has 2 N–H and O–H groups in total. The molecule has 0 unspecified atom stereocenters. The first-order valence-electron chi connectivity index (χ1n) is 7.72. The lowest BCUT2D eigenvalue weighted by Crippen LogP contribution is -2.20. The molecule has 0 saturated heterocycles. The number of hydrogen-bond acceptors (Lipinski definition) is 7. The second-order valence-corrected chi connectivity index (χ2v) is 5.81. The Morgan fingerprint density at radius 3 is 2.54 bits per heavy atom. The minimum absolute atomic E-state index is 0.518. The van der Waals surface area contributed by atoms with Gasteiger partial charge in [0.15, 0.2) is 0 Å². The number of benzene rings is 1. The molecule has 0 spiro atoms. The molecule has 3 rings (SSSR count). The van der Waals surface area contributed by atoms with Crippen molar-refractivity contribution >= 4 is 0 Å². The predicted octanol–water partition coefficient (Wildman–Crippen LogP) is 1.26. The Hall–Kier alpha value is -2.58. The first kappa shape index (κ1) is 16.3. The maximum atomic E-state index is 5.61. The number of hydrogen-bond donors (Lipinski definition) is 1. The Morgan fingerprint density at radius 1 is 1.17 bits per heavy atom. The summed E-state index contributed by atoms with van der Waals surface area (Å²) in [5, 5.41) is 12.3. The van der Waals surface area contributed by atoms with Crippen molar-refractivity contribution < 1.29 is 4.52 Å². The van der Waals surface area contributed by atoms with Crippen LogP contribution in [0.1, 0.15) is 23.1 Å².